The normalized spacial score (nSPS) is 10.4. The predicted molar refractivity (Wildman–Crippen MR) is 85.7 cm³/mol. The van der Waals surface area contributed by atoms with Gasteiger partial charge in [-0.2, -0.15) is 0 Å². The van der Waals surface area contributed by atoms with Crippen LogP contribution in [0.15, 0.2) is 34.8 Å². The number of amides is 1. The summed E-state index contributed by atoms with van der Waals surface area (Å²) in [5, 5.41) is 2.80. The van der Waals surface area contributed by atoms with E-state index >= 15 is 0 Å². The Balaban J connectivity index is 2.12. The molecule has 0 unspecified atom stereocenters. The van der Waals surface area contributed by atoms with Gasteiger partial charge in [-0.1, -0.05) is 27.5 Å². The highest BCUT2D eigenvalue weighted by atomic mass is 79.9. The van der Waals surface area contributed by atoms with Gasteiger partial charge in [0, 0.05) is 22.6 Å². The molecule has 0 aliphatic rings. The Morgan fingerprint density at radius 1 is 1.41 bits per heavy atom. The van der Waals surface area contributed by atoms with E-state index in [1.165, 1.54) is 12.1 Å². The smallest absolute Gasteiger partial charge is 0.271 e. The molecular weight excluding hydrogens is 375 g/mol. The molecule has 0 fully saturated rings. The number of aromatic nitrogens is 1. The van der Waals surface area contributed by atoms with Gasteiger partial charge in [-0.05, 0) is 31.2 Å². The van der Waals surface area contributed by atoms with Gasteiger partial charge in [0.05, 0.1) is 11.6 Å². The molecule has 1 heterocycles. The van der Waals surface area contributed by atoms with Crippen molar-refractivity contribution in [3.63, 3.8) is 0 Å². The van der Waals surface area contributed by atoms with Crippen LogP contribution in [0.5, 0.6) is 5.88 Å². The van der Waals surface area contributed by atoms with Gasteiger partial charge in [0.2, 0.25) is 5.88 Å². The highest BCUT2D eigenvalue weighted by molar-refractivity contribution is 9.10. The summed E-state index contributed by atoms with van der Waals surface area (Å²) < 4.78 is 19.6. The molecule has 0 spiro atoms. The van der Waals surface area contributed by atoms with Crippen LogP contribution < -0.4 is 10.1 Å². The first kappa shape index (κ1) is 16.7. The minimum Gasteiger partial charge on any atom is -0.478 e. The predicted octanol–water partition coefficient (Wildman–Crippen LogP) is 3.97. The van der Waals surface area contributed by atoms with E-state index in [1.54, 1.807) is 18.2 Å². The largest absolute Gasteiger partial charge is 0.478 e. The summed E-state index contributed by atoms with van der Waals surface area (Å²) in [4.78, 5) is 16.2. The second-order valence-corrected chi connectivity index (χ2v) is 5.65. The molecule has 2 aromatic rings. The number of carbonyl (C=O) groups excluding carboxylic acids is 1. The van der Waals surface area contributed by atoms with Crippen molar-refractivity contribution in [1.29, 1.82) is 0 Å². The van der Waals surface area contributed by atoms with Gasteiger partial charge in [0.25, 0.3) is 5.91 Å². The van der Waals surface area contributed by atoms with Crippen molar-refractivity contribution in [2.24, 2.45) is 0 Å². The monoisotopic (exact) mass is 386 g/mol. The molecule has 1 N–H and O–H groups in total. The summed E-state index contributed by atoms with van der Waals surface area (Å²) >= 11 is 9.23. The van der Waals surface area contributed by atoms with E-state index in [9.17, 15) is 9.18 Å². The number of ether oxygens (including phenoxy) is 1. The van der Waals surface area contributed by atoms with Crippen LogP contribution >= 0.6 is 27.5 Å². The lowest BCUT2D eigenvalue weighted by atomic mass is 10.2. The highest BCUT2D eigenvalue weighted by Crippen LogP contribution is 2.19. The molecule has 0 bridgehead atoms. The van der Waals surface area contributed by atoms with Gasteiger partial charge < -0.3 is 10.1 Å². The number of nitrogens with one attached hydrogen (secondary N) is 1. The molecule has 0 radical (unpaired) electrons. The Hall–Kier alpha value is -1.66. The highest BCUT2D eigenvalue weighted by Gasteiger charge is 2.14. The first-order valence-corrected chi connectivity index (χ1v) is 7.69. The zero-order valence-corrected chi connectivity index (χ0v) is 14.0. The van der Waals surface area contributed by atoms with Gasteiger partial charge in [-0.15, -0.1) is 0 Å². The number of halogens is 3. The Kier molecular flexibility index (Phi) is 5.74. The van der Waals surface area contributed by atoms with Gasteiger partial charge in [0.1, 0.15) is 5.82 Å². The summed E-state index contributed by atoms with van der Waals surface area (Å²) in [5.41, 5.74) is 0.405. The maximum Gasteiger partial charge on any atom is 0.271 e. The maximum atomic E-state index is 13.6. The van der Waals surface area contributed by atoms with Crippen molar-refractivity contribution in [3.05, 3.63) is 56.9 Å². The summed E-state index contributed by atoms with van der Waals surface area (Å²) in [5.74, 6) is -0.581. The quantitative estimate of drug-likeness (QED) is 0.845. The third-order valence-corrected chi connectivity index (χ3v) is 3.57. The van der Waals surface area contributed by atoms with Crippen molar-refractivity contribution >= 4 is 33.4 Å². The van der Waals surface area contributed by atoms with E-state index < -0.39 is 11.7 Å². The fourth-order valence-electron chi connectivity index (χ4n) is 1.75. The van der Waals surface area contributed by atoms with Crippen LogP contribution in [0, 0.1) is 5.82 Å². The Morgan fingerprint density at radius 3 is 2.91 bits per heavy atom. The lowest BCUT2D eigenvalue weighted by Gasteiger charge is -2.09. The van der Waals surface area contributed by atoms with Crippen LogP contribution in [0.25, 0.3) is 0 Å². The van der Waals surface area contributed by atoms with Crippen molar-refractivity contribution in [2.45, 2.75) is 13.5 Å². The van der Waals surface area contributed by atoms with Crippen molar-refractivity contribution in [2.75, 3.05) is 6.61 Å². The molecule has 0 saturated heterocycles. The van der Waals surface area contributed by atoms with Gasteiger partial charge in [-0.25, -0.2) is 9.37 Å². The second-order valence-electron chi connectivity index (χ2n) is 4.33. The first-order valence-electron chi connectivity index (χ1n) is 6.52. The fraction of sp³-hybridized carbons (Fsp3) is 0.200. The Labute approximate surface area is 140 Å². The van der Waals surface area contributed by atoms with Crippen molar-refractivity contribution in [1.82, 2.24) is 10.3 Å². The second kappa shape index (κ2) is 7.56. The molecule has 4 nitrogen and oxygen atoms in total. The van der Waals surface area contributed by atoms with Crippen LogP contribution in [-0.2, 0) is 6.54 Å². The Bertz CT molecular complexity index is 697. The summed E-state index contributed by atoms with van der Waals surface area (Å²) in [7, 11) is 0. The number of carbonyl (C=O) groups is 1. The van der Waals surface area contributed by atoms with E-state index in [-0.39, 0.29) is 17.3 Å². The lowest BCUT2D eigenvalue weighted by molar-refractivity contribution is 0.0944. The van der Waals surface area contributed by atoms with E-state index in [0.29, 0.717) is 18.1 Å². The number of hydrogen-bond acceptors (Lipinski definition) is 3. The minimum atomic E-state index is -0.495. The van der Waals surface area contributed by atoms with Crippen LogP contribution in [0.3, 0.4) is 0 Å². The van der Waals surface area contributed by atoms with Gasteiger partial charge in [-0.3, -0.25) is 4.79 Å². The van der Waals surface area contributed by atoms with Crippen molar-refractivity contribution in [3.8, 4) is 5.88 Å². The van der Waals surface area contributed by atoms with Crippen molar-refractivity contribution < 1.29 is 13.9 Å². The average Bonchev–Trinajstić information content (AvgIpc) is 2.50. The zero-order valence-electron chi connectivity index (χ0n) is 11.7. The first-order chi connectivity index (χ1) is 10.5. The summed E-state index contributed by atoms with van der Waals surface area (Å²) in [6.07, 6.45) is 0. The molecule has 0 saturated carbocycles. The van der Waals surface area contributed by atoms with E-state index in [1.807, 2.05) is 6.92 Å². The summed E-state index contributed by atoms with van der Waals surface area (Å²) in [6.45, 7) is 2.27. The number of rotatable bonds is 5. The molecule has 1 amide bonds. The van der Waals surface area contributed by atoms with Crippen LogP contribution in [-0.4, -0.2) is 17.5 Å². The third-order valence-electron chi connectivity index (χ3n) is 2.77. The number of nitrogens with zero attached hydrogens (tertiary/aromatic N) is 1. The van der Waals surface area contributed by atoms with Crippen LogP contribution in [0.1, 0.15) is 23.0 Å². The number of hydrogen-bond donors (Lipinski definition) is 1. The molecule has 0 aliphatic carbocycles. The Morgan fingerprint density at radius 2 is 2.18 bits per heavy atom. The van der Waals surface area contributed by atoms with Gasteiger partial charge >= 0.3 is 0 Å². The molecule has 0 aliphatic heterocycles. The van der Waals surface area contributed by atoms with Crippen LogP contribution in [0.4, 0.5) is 4.39 Å². The molecule has 1 aromatic carbocycles. The molecule has 2 rings (SSSR count). The average molecular weight is 388 g/mol. The van der Waals surface area contributed by atoms with Gasteiger partial charge in [0.15, 0.2) is 5.69 Å². The molecule has 1 aromatic heterocycles. The van der Waals surface area contributed by atoms with E-state index in [4.69, 9.17) is 16.3 Å². The fourth-order valence-corrected chi connectivity index (χ4v) is 2.35. The molecule has 7 heteroatoms. The molecule has 0 atom stereocenters. The minimum absolute atomic E-state index is 0.0287. The van der Waals surface area contributed by atoms with Crippen LogP contribution in [0.2, 0.25) is 5.02 Å². The molecule has 22 heavy (non-hydrogen) atoms. The third kappa shape index (κ3) is 4.18. The lowest BCUT2D eigenvalue weighted by Crippen LogP contribution is -2.24. The van der Waals surface area contributed by atoms with E-state index in [2.05, 4.69) is 26.2 Å². The SMILES string of the molecule is CCOc1ccc(Cl)c(C(=O)NCc2cc(Br)ccc2F)n1. The maximum absolute atomic E-state index is 13.6. The molecule has 116 valence electrons. The number of benzene rings is 1. The topological polar surface area (TPSA) is 51.2 Å². The summed E-state index contributed by atoms with van der Waals surface area (Å²) in [6, 6.07) is 7.63. The number of pyridine rings is 1. The standard InChI is InChI=1S/C15H13BrClFN2O2/c1-2-22-13-6-4-11(17)14(20-13)15(21)19-8-9-7-10(16)3-5-12(9)18/h3-7H,2,8H2,1H3,(H,19,21). The zero-order chi connectivity index (χ0) is 16.1. The van der Waals surface area contributed by atoms with E-state index in [0.717, 1.165) is 4.47 Å². The molecular formula is C15H13BrClFN2O2.